The van der Waals surface area contributed by atoms with E-state index in [9.17, 15) is 9.59 Å². The summed E-state index contributed by atoms with van der Waals surface area (Å²) in [6.07, 6.45) is 0.279. The van der Waals surface area contributed by atoms with Gasteiger partial charge in [-0.2, -0.15) is 0 Å². The van der Waals surface area contributed by atoms with Crippen molar-refractivity contribution in [2.75, 3.05) is 7.11 Å². The van der Waals surface area contributed by atoms with E-state index >= 15 is 0 Å². The number of ether oxygens (including phenoxy) is 1. The molecule has 4 nitrogen and oxygen atoms in total. The van der Waals surface area contributed by atoms with Crippen molar-refractivity contribution in [3.63, 3.8) is 0 Å². The number of hydrogen-bond acceptors (Lipinski definition) is 3. The fourth-order valence-corrected chi connectivity index (χ4v) is 3.94. The second-order valence-corrected chi connectivity index (χ2v) is 7.51. The summed E-state index contributed by atoms with van der Waals surface area (Å²) >= 11 is 6.07. The van der Waals surface area contributed by atoms with Crippen LogP contribution in [0.1, 0.15) is 15.9 Å². The predicted octanol–water partition coefficient (Wildman–Crippen LogP) is 5.16. The van der Waals surface area contributed by atoms with Crippen molar-refractivity contribution in [3.05, 3.63) is 95.0 Å². The maximum absolute atomic E-state index is 13.4. The number of carbonyl (C=O) groups excluding carboxylic acids is 2. The van der Waals surface area contributed by atoms with Gasteiger partial charge in [0.2, 0.25) is 0 Å². The molecule has 4 aromatic rings. The molecule has 0 aromatic heterocycles. The van der Waals surface area contributed by atoms with Crippen LogP contribution < -0.4 is 5.32 Å². The number of halogens is 1. The maximum Gasteiger partial charge on any atom is 0.328 e. The number of nitrogens with one attached hydrogen (secondary N) is 1. The van der Waals surface area contributed by atoms with Crippen LogP contribution in [0.2, 0.25) is 5.02 Å². The molecule has 0 fully saturated rings. The third-order valence-corrected chi connectivity index (χ3v) is 5.35. The Hall–Kier alpha value is -3.37. The fourth-order valence-electron chi connectivity index (χ4n) is 3.72. The van der Waals surface area contributed by atoms with E-state index < -0.39 is 12.0 Å². The van der Waals surface area contributed by atoms with Gasteiger partial charge in [-0.3, -0.25) is 4.79 Å². The van der Waals surface area contributed by atoms with Crippen LogP contribution in [-0.2, 0) is 16.0 Å². The van der Waals surface area contributed by atoms with Crippen molar-refractivity contribution in [1.82, 2.24) is 5.32 Å². The van der Waals surface area contributed by atoms with E-state index in [0.29, 0.717) is 10.6 Å². The summed E-state index contributed by atoms with van der Waals surface area (Å²) in [4.78, 5) is 25.8. The number of hydrogen-bond donors (Lipinski definition) is 1. The summed E-state index contributed by atoms with van der Waals surface area (Å²) in [5.74, 6) is -0.826. The lowest BCUT2D eigenvalue weighted by Crippen LogP contribution is -2.43. The standard InChI is InChI=1S/C25H20ClNO3/c1-30-25(29)22(14-16-7-6-10-19(26)13-16)27-24(28)23-20-11-4-2-8-17(20)15-18-9-3-5-12-21(18)23/h2-13,15,22H,14H2,1H3,(H,27,28)/t22-/m0/s1. The highest BCUT2D eigenvalue weighted by atomic mass is 35.5. The van der Waals surface area contributed by atoms with Crippen LogP contribution in [0.5, 0.6) is 0 Å². The summed E-state index contributed by atoms with van der Waals surface area (Å²) in [7, 11) is 1.31. The molecule has 0 spiro atoms. The first kappa shape index (κ1) is 19.9. The SMILES string of the molecule is COC(=O)[C@H](Cc1cccc(Cl)c1)NC(=O)c1c2ccccc2cc2ccccc12. The summed E-state index contributed by atoms with van der Waals surface area (Å²) in [6, 6.07) is 23.9. The summed E-state index contributed by atoms with van der Waals surface area (Å²) < 4.78 is 4.94. The Balaban J connectivity index is 1.75. The molecule has 0 aliphatic rings. The van der Waals surface area contributed by atoms with Gasteiger partial charge in [-0.05, 0) is 45.3 Å². The molecular formula is C25H20ClNO3. The van der Waals surface area contributed by atoms with Gasteiger partial charge >= 0.3 is 5.97 Å². The van der Waals surface area contributed by atoms with Crippen LogP contribution in [0.4, 0.5) is 0 Å². The molecule has 4 rings (SSSR count). The van der Waals surface area contributed by atoms with Crippen molar-refractivity contribution in [2.45, 2.75) is 12.5 Å². The zero-order valence-corrected chi connectivity index (χ0v) is 17.1. The van der Waals surface area contributed by atoms with E-state index in [-0.39, 0.29) is 12.3 Å². The molecule has 0 bridgehead atoms. The fraction of sp³-hybridized carbons (Fsp3) is 0.120. The Bertz CT molecular complexity index is 1200. The van der Waals surface area contributed by atoms with E-state index in [0.717, 1.165) is 27.1 Å². The topological polar surface area (TPSA) is 55.4 Å². The maximum atomic E-state index is 13.4. The minimum atomic E-state index is -0.835. The van der Waals surface area contributed by atoms with E-state index in [4.69, 9.17) is 16.3 Å². The quantitative estimate of drug-likeness (QED) is 0.360. The molecule has 150 valence electrons. The molecule has 0 saturated heterocycles. The lowest BCUT2D eigenvalue weighted by atomic mass is 9.95. The molecule has 1 atom stereocenters. The first-order valence-electron chi connectivity index (χ1n) is 9.60. The van der Waals surface area contributed by atoms with Gasteiger partial charge in [0.1, 0.15) is 6.04 Å². The molecule has 0 unspecified atom stereocenters. The number of rotatable bonds is 5. The highest BCUT2D eigenvalue weighted by Crippen LogP contribution is 2.28. The first-order valence-corrected chi connectivity index (χ1v) is 9.98. The number of amides is 1. The van der Waals surface area contributed by atoms with Crippen LogP contribution in [0, 0.1) is 0 Å². The van der Waals surface area contributed by atoms with Gasteiger partial charge in [-0.25, -0.2) is 4.79 Å². The molecule has 0 radical (unpaired) electrons. The van der Waals surface area contributed by atoms with E-state index in [1.54, 1.807) is 12.1 Å². The second kappa shape index (κ2) is 8.56. The Morgan fingerprint density at radius 1 is 0.900 bits per heavy atom. The van der Waals surface area contributed by atoms with Crippen LogP contribution in [-0.4, -0.2) is 25.0 Å². The summed E-state index contributed by atoms with van der Waals surface area (Å²) in [5, 5.41) is 7.05. The Morgan fingerprint density at radius 2 is 1.53 bits per heavy atom. The zero-order chi connectivity index (χ0) is 21.1. The highest BCUT2D eigenvalue weighted by molar-refractivity contribution is 6.30. The third kappa shape index (κ3) is 4.00. The largest absolute Gasteiger partial charge is 0.467 e. The van der Waals surface area contributed by atoms with Crippen molar-refractivity contribution >= 4 is 45.0 Å². The number of esters is 1. The summed E-state index contributed by atoms with van der Waals surface area (Å²) in [6.45, 7) is 0. The molecule has 5 heteroatoms. The van der Waals surface area contributed by atoms with Gasteiger partial charge in [0, 0.05) is 11.4 Å². The van der Waals surface area contributed by atoms with Gasteiger partial charge in [-0.1, -0.05) is 72.3 Å². The van der Waals surface area contributed by atoms with E-state index in [2.05, 4.69) is 11.4 Å². The number of fused-ring (bicyclic) bond motifs is 2. The van der Waals surface area contributed by atoms with Crippen LogP contribution >= 0.6 is 11.6 Å². The van der Waals surface area contributed by atoms with Crippen LogP contribution in [0.25, 0.3) is 21.5 Å². The molecular weight excluding hydrogens is 398 g/mol. The molecule has 30 heavy (non-hydrogen) atoms. The lowest BCUT2D eigenvalue weighted by Gasteiger charge is -2.18. The Kier molecular flexibility index (Phi) is 5.68. The smallest absolute Gasteiger partial charge is 0.328 e. The molecule has 1 amide bonds. The number of benzene rings is 4. The average Bonchev–Trinajstić information content (AvgIpc) is 2.76. The molecule has 0 heterocycles. The minimum absolute atomic E-state index is 0.279. The number of carbonyl (C=O) groups is 2. The predicted molar refractivity (Wildman–Crippen MR) is 120 cm³/mol. The van der Waals surface area contributed by atoms with Crippen LogP contribution in [0.15, 0.2) is 78.9 Å². The van der Waals surface area contributed by atoms with Crippen molar-refractivity contribution < 1.29 is 14.3 Å². The van der Waals surface area contributed by atoms with Crippen molar-refractivity contribution in [2.24, 2.45) is 0 Å². The average molecular weight is 418 g/mol. The molecule has 0 saturated carbocycles. The summed E-state index contributed by atoms with van der Waals surface area (Å²) in [5.41, 5.74) is 1.38. The monoisotopic (exact) mass is 417 g/mol. The zero-order valence-electron chi connectivity index (χ0n) is 16.4. The van der Waals surface area contributed by atoms with Gasteiger partial charge in [0.25, 0.3) is 5.91 Å². The molecule has 1 N–H and O–H groups in total. The molecule has 0 aliphatic heterocycles. The first-order chi connectivity index (χ1) is 14.6. The number of methoxy groups -OCH3 is 1. The van der Waals surface area contributed by atoms with E-state index in [1.807, 2.05) is 60.7 Å². The molecule has 0 aliphatic carbocycles. The van der Waals surface area contributed by atoms with Gasteiger partial charge in [-0.15, -0.1) is 0 Å². The van der Waals surface area contributed by atoms with E-state index in [1.165, 1.54) is 7.11 Å². The third-order valence-electron chi connectivity index (χ3n) is 5.12. The van der Waals surface area contributed by atoms with Crippen molar-refractivity contribution in [1.29, 1.82) is 0 Å². The molecule has 4 aromatic carbocycles. The van der Waals surface area contributed by atoms with Gasteiger partial charge in [0.05, 0.1) is 12.7 Å². The van der Waals surface area contributed by atoms with Crippen LogP contribution in [0.3, 0.4) is 0 Å². The highest BCUT2D eigenvalue weighted by Gasteiger charge is 2.24. The second-order valence-electron chi connectivity index (χ2n) is 7.08. The normalized spacial score (nSPS) is 11.9. The van der Waals surface area contributed by atoms with Gasteiger partial charge < -0.3 is 10.1 Å². The van der Waals surface area contributed by atoms with Crippen molar-refractivity contribution in [3.8, 4) is 0 Å². The minimum Gasteiger partial charge on any atom is -0.467 e. The lowest BCUT2D eigenvalue weighted by molar-refractivity contribution is -0.142. The Morgan fingerprint density at radius 3 is 2.13 bits per heavy atom. The van der Waals surface area contributed by atoms with Gasteiger partial charge in [0.15, 0.2) is 0 Å². The Labute approximate surface area is 179 Å².